The molecule has 3 heterocycles. The zero-order valence-corrected chi connectivity index (χ0v) is 14.6. The molecule has 130 valence electrons. The van der Waals surface area contributed by atoms with Crippen LogP contribution in [0.2, 0.25) is 5.02 Å². The van der Waals surface area contributed by atoms with Gasteiger partial charge in [0, 0.05) is 24.9 Å². The molecule has 25 heavy (non-hydrogen) atoms. The fourth-order valence-corrected chi connectivity index (χ4v) is 3.72. The molecule has 2 aromatic heterocycles. The molecule has 2 aromatic rings. The van der Waals surface area contributed by atoms with E-state index in [1.807, 2.05) is 13.8 Å². The molecule has 1 saturated heterocycles. The van der Waals surface area contributed by atoms with E-state index in [1.165, 1.54) is 12.4 Å². The van der Waals surface area contributed by atoms with Gasteiger partial charge >= 0.3 is 5.97 Å². The maximum Gasteiger partial charge on any atom is 0.338 e. The van der Waals surface area contributed by atoms with E-state index in [1.54, 1.807) is 15.8 Å². The highest BCUT2D eigenvalue weighted by atomic mass is 35.5. The van der Waals surface area contributed by atoms with Crippen LogP contribution in [0.25, 0.3) is 0 Å². The number of rotatable bonds is 4. The van der Waals surface area contributed by atoms with E-state index >= 15 is 0 Å². The Hall–Kier alpha value is -2.41. The number of carboxylic acid groups (broad SMARTS) is 1. The summed E-state index contributed by atoms with van der Waals surface area (Å²) in [6, 6.07) is -0.227. The Morgan fingerprint density at radius 1 is 1.44 bits per heavy atom. The lowest BCUT2D eigenvalue weighted by molar-refractivity contribution is -0.118. The molecule has 0 aromatic carbocycles. The van der Waals surface area contributed by atoms with E-state index in [2.05, 4.69) is 10.1 Å². The van der Waals surface area contributed by atoms with Crippen molar-refractivity contribution in [1.82, 2.24) is 14.8 Å². The van der Waals surface area contributed by atoms with Crippen LogP contribution in [0.4, 0.5) is 5.82 Å². The van der Waals surface area contributed by atoms with Crippen molar-refractivity contribution in [3.63, 3.8) is 0 Å². The normalized spacial score (nSPS) is 22.8. The number of anilines is 1. The van der Waals surface area contributed by atoms with Gasteiger partial charge in [-0.15, -0.1) is 0 Å². The molecule has 2 fully saturated rings. The third kappa shape index (κ3) is 2.50. The van der Waals surface area contributed by atoms with Gasteiger partial charge < -0.3 is 5.11 Å². The van der Waals surface area contributed by atoms with Crippen LogP contribution in [0.1, 0.15) is 40.9 Å². The summed E-state index contributed by atoms with van der Waals surface area (Å²) in [4.78, 5) is 29.4. The van der Waals surface area contributed by atoms with Crippen molar-refractivity contribution in [3.05, 3.63) is 40.3 Å². The molecular formula is C17H17ClN4O3. The van der Waals surface area contributed by atoms with Gasteiger partial charge in [-0.3, -0.25) is 14.4 Å². The number of hydrogen-bond acceptors (Lipinski definition) is 4. The van der Waals surface area contributed by atoms with Gasteiger partial charge in [0.15, 0.2) is 5.82 Å². The third-order valence-corrected chi connectivity index (χ3v) is 5.61. The first-order valence-corrected chi connectivity index (χ1v) is 8.50. The van der Waals surface area contributed by atoms with Crippen LogP contribution < -0.4 is 4.90 Å². The molecule has 1 N–H and O–H groups in total. The number of piperidine rings is 1. The monoisotopic (exact) mass is 360 g/mol. The molecule has 1 saturated carbocycles. The Morgan fingerprint density at radius 2 is 2.20 bits per heavy atom. The number of fused-ring (bicyclic) bond motifs is 1. The largest absolute Gasteiger partial charge is 0.478 e. The Balaban J connectivity index is 1.65. The van der Waals surface area contributed by atoms with Gasteiger partial charge in [0.2, 0.25) is 5.91 Å². The molecule has 1 amide bonds. The number of nitrogens with zero attached hydrogens (tertiary/aromatic N) is 4. The molecule has 7 nitrogen and oxygen atoms in total. The second-order valence-corrected chi connectivity index (χ2v) is 7.10. The highest BCUT2D eigenvalue weighted by molar-refractivity contribution is 6.34. The lowest BCUT2D eigenvalue weighted by atomic mass is 10.1. The first-order chi connectivity index (χ1) is 11.9. The number of hydrogen-bond donors (Lipinski definition) is 1. The van der Waals surface area contributed by atoms with Crippen LogP contribution in [0.15, 0.2) is 18.6 Å². The van der Waals surface area contributed by atoms with Crippen LogP contribution in [-0.2, 0) is 4.79 Å². The molecule has 0 radical (unpaired) electrons. The summed E-state index contributed by atoms with van der Waals surface area (Å²) in [6.45, 7) is 4.46. The minimum Gasteiger partial charge on any atom is -0.478 e. The van der Waals surface area contributed by atoms with Gasteiger partial charge in [-0.05, 0) is 37.3 Å². The van der Waals surface area contributed by atoms with Crippen molar-refractivity contribution in [1.29, 1.82) is 0 Å². The van der Waals surface area contributed by atoms with Gasteiger partial charge in [0.25, 0.3) is 0 Å². The minimum atomic E-state index is -1.02. The first kappa shape index (κ1) is 16.1. The second kappa shape index (κ2) is 5.56. The van der Waals surface area contributed by atoms with Crippen LogP contribution in [0.5, 0.6) is 0 Å². The molecule has 1 unspecified atom stereocenters. The van der Waals surface area contributed by atoms with E-state index in [4.69, 9.17) is 16.7 Å². The van der Waals surface area contributed by atoms with E-state index in [0.717, 1.165) is 17.5 Å². The Morgan fingerprint density at radius 3 is 2.80 bits per heavy atom. The van der Waals surface area contributed by atoms with Gasteiger partial charge in [-0.25, -0.2) is 9.78 Å². The van der Waals surface area contributed by atoms with Crippen molar-refractivity contribution >= 4 is 29.3 Å². The third-order valence-electron chi connectivity index (χ3n) is 5.16. The van der Waals surface area contributed by atoms with E-state index in [-0.39, 0.29) is 23.4 Å². The maximum absolute atomic E-state index is 12.3. The zero-order valence-electron chi connectivity index (χ0n) is 13.8. The summed E-state index contributed by atoms with van der Waals surface area (Å²) < 4.78 is 1.57. The number of aromatic nitrogens is 3. The summed E-state index contributed by atoms with van der Waals surface area (Å²) in [5.41, 5.74) is 1.78. The van der Waals surface area contributed by atoms with E-state index in [0.29, 0.717) is 23.3 Å². The van der Waals surface area contributed by atoms with Crippen LogP contribution in [0, 0.1) is 18.8 Å². The standard InChI is InChI=1S/C17H17ClN4O3/c1-8-13(9(2)22-7-11(4-20-22)17(24)25)5-19-15(14(8)18)21-6-10-3-12(10)16(21)23/h4-5,7,9-10,12H,3,6H2,1-2H3,(H,24,25)/t9?,10-,12-/m1/s1. The molecule has 0 bridgehead atoms. The van der Waals surface area contributed by atoms with Crippen molar-refractivity contribution in [2.24, 2.45) is 11.8 Å². The maximum atomic E-state index is 12.3. The van der Waals surface area contributed by atoms with Crippen LogP contribution in [-0.4, -0.2) is 38.3 Å². The van der Waals surface area contributed by atoms with Gasteiger partial charge in [0.05, 0.1) is 22.8 Å². The quantitative estimate of drug-likeness (QED) is 0.905. The number of halogens is 1. The number of carbonyl (C=O) groups is 2. The molecule has 1 aliphatic heterocycles. The number of pyridine rings is 1. The average molecular weight is 361 g/mol. The van der Waals surface area contributed by atoms with Crippen molar-refractivity contribution in [2.75, 3.05) is 11.4 Å². The smallest absolute Gasteiger partial charge is 0.338 e. The summed E-state index contributed by atoms with van der Waals surface area (Å²) >= 11 is 6.51. The lowest BCUT2D eigenvalue weighted by Crippen LogP contribution is -2.29. The molecule has 4 rings (SSSR count). The Kier molecular flexibility index (Phi) is 3.57. The molecule has 2 aliphatic rings. The Bertz CT molecular complexity index is 894. The van der Waals surface area contributed by atoms with Crippen molar-refractivity contribution in [2.45, 2.75) is 26.3 Å². The highest BCUT2D eigenvalue weighted by Gasteiger charge is 2.53. The topological polar surface area (TPSA) is 88.3 Å². The van der Waals surface area contributed by atoms with Gasteiger partial charge in [-0.2, -0.15) is 5.10 Å². The van der Waals surface area contributed by atoms with Gasteiger partial charge in [0.1, 0.15) is 0 Å². The predicted octanol–water partition coefficient (Wildman–Crippen LogP) is 2.53. The number of carbonyl (C=O) groups excluding carboxylic acids is 1. The average Bonchev–Trinajstić information content (AvgIpc) is 3.03. The lowest BCUT2D eigenvalue weighted by Gasteiger charge is -2.22. The second-order valence-electron chi connectivity index (χ2n) is 6.72. The van der Waals surface area contributed by atoms with E-state index < -0.39 is 5.97 Å². The summed E-state index contributed by atoms with van der Waals surface area (Å²) in [7, 11) is 0. The summed E-state index contributed by atoms with van der Waals surface area (Å²) in [6.07, 6.45) is 5.46. The first-order valence-electron chi connectivity index (χ1n) is 8.12. The molecule has 0 spiro atoms. The fraction of sp³-hybridized carbons (Fsp3) is 0.412. The van der Waals surface area contributed by atoms with Crippen LogP contribution >= 0.6 is 11.6 Å². The van der Waals surface area contributed by atoms with Crippen molar-refractivity contribution < 1.29 is 14.7 Å². The SMILES string of the molecule is Cc1c(C(C)n2cc(C(=O)O)cn2)cnc(N2C[C@H]3C[C@H]3C2=O)c1Cl. The molecule has 8 heteroatoms. The molecular weight excluding hydrogens is 344 g/mol. The van der Waals surface area contributed by atoms with Crippen LogP contribution in [0.3, 0.4) is 0 Å². The highest BCUT2D eigenvalue weighted by Crippen LogP contribution is 2.48. The summed E-state index contributed by atoms with van der Waals surface area (Å²) in [5.74, 6) is 0.197. The number of aromatic carboxylic acids is 1. The van der Waals surface area contributed by atoms with E-state index in [9.17, 15) is 9.59 Å². The summed E-state index contributed by atoms with van der Waals surface area (Å²) in [5, 5.41) is 13.6. The fourth-order valence-electron chi connectivity index (χ4n) is 3.46. The molecule has 3 atom stereocenters. The number of amides is 1. The number of carboxylic acids is 1. The predicted molar refractivity (Wildman–Crippen MR) is 90.9 cm³/mol. The van der Waals surface area contributed by atoms with Crippen molar-refractivity contribution in [3.8, 4) is 0 Å². The zero-order chi connectivity index (χ0) is 17.9. The molecule has 1 aliphatic carbocycles. The Labute approximate surface area is 149 Å². The van der Waals surface area contributed by atoms with Gasteiger partial charge in [-0.1, -0.05) is 11.6 Å². The minimum absolute atomic E-state index is 0.109.